The Morgan fingerprint density at radius 1 is 1.21 bits per heavy atom. The third kappa shape index (κ3) is 5.91. The van der Waals surface area contributed by atoms with Gasteiger partial charge in [-0.1, -0.05) is 25.9 Å². The van der Waals surface area contributed by atoms with E-state index in [0.29, 0.717) is 11.6 Å². The maximum absolute atomic E-state index is 12.2. The van der Waals surface area contributed by atoms with Crippen molar-refractivity contribution in [3.05, 3.63) is 17.5 Å². The van der Waals surface area contributed by atoms with E-state index in [1.807, 2.05) is 6.92 Å². The molecule has 0 aliphatic carbocycles. The molecule has 136 valence electrons. The van der Waals surface area contributed by atoms with Crippen LogP contribution in [0, 0.1) is 5.92 Å². The average molecular weight is 336 g/mol. The minimum Gasteiger partial charge on any atom is -0.359 e. The SMILES string of the molecule is CCN1CCN(Cc2cc(C(=O)N[C@H](C)CCC(C)C)no2)CC1. The molecular formula is C18H32N4O2. The topological polar surface area (TPSA) is 61.6 Å². The number of carbonyl (C=O) groups excluding carboxylic acids is 1. The number of piperazine rings is 1. The van der Waals surface area contributed by atoms with Gasteiger partial charge in [-0.05, 0) is 32.2 Å². The van der Waals surface area contributed by atoms with Crippen molar-refractivity contribution in [1.29, 1.82) is 0 Å². The molecule has 2 heterocycles. The summed E-state index contributed by atoms with van der Waals surface area (Å²) >= 11 is 0. The van der Waals surface area contributed by atoms with Gasteiger partial charge in [-0.25, -0.2) is 0 Å². The first-order valence-corrected chi connectivity index (χ1v) is 9.19. The molecule has 24 heavy (non-hydrogen) atoms. The highest BCUT2D eigenvalue weighted by atomic mass is 16.5. The quantitative estimate of drug-likeness (QED) is 0.790. The van der Waals surface area contributed by atoms with Crippen molar-refractivity contribution < 1.29 is 9.32 Å². The van der Waals surface area contributed by atoms with Crippen molar-refractivity contribution in [2.75, 3.05) is 32.7 Å². The molecule has 1 N–H and O–H groups in total. The minimum atomic E-state index is -0.142. The number of rotatable bonds is 8. The van der Waals surface area contributed by atoms with Crippen molar-refractivity contribution in [3.63, 3.8) is 0 Å². The van der Waals surface area contributed by atoms with Crippen LogP contribution in [0.3, 0.4) is 0 Å². The molecule has 1 fully saturated rings. The Labute approximate surface area is 145 Å². The molecule has 0 radical (unpaired) electrons. The molecule has 0 unspecified atom stereocenters. The fourth-order valence-corrected chi connectivity index (χ4v) is 2.93. The van der Waals surface area contributed by atoms with E-state index in [9.17, 15) is 4.79 Å². The lowest BCUT2D eigenvalue weighted by Gasteiger charge is -2.33. The molecule has 1 aromatic rings. The summed E-state index contributed by atoms with van der Waals surface area (Å²) in [5, 5.41) is 6.94. The summed E-state index contributed by atoms with van der Waals surface area (Å²) in [7, 11) is 0. The Bertz CT molecular complexity index is 507. The first-order valence-electron chi connectivity index (χ1n) is 9.19. The van der Waals surface area contributed by atoms with E-state index in [4.69, 9.17) is 4.52 Å². The summed E-state index contributed by atoms with van der Waals surface area (Å²) in [5.74, 6) is 1.27. The number of aromatic nitrogens is 1. The lowest BCUT2D eigenvalue weighted by atomic mass is 10.0. The zero-order valence-corrected chi connectivity index (χ0v) is 15.5. The fourth-order valence-electron chi connectivity index (χ4n) is 2.93. The van der Waals surface area contributed by atoms with Crippen LogP contribution in [0.2, 0.25) is 0 Å². The molecule has 6 nitrogen and oxygen atoms in total. The first-order chi connectivity index (χ1) is 11.5. The molecular weight excluding hydrogens is 304 g/mol. The van der Waals surface area contributed by atoms with E-state index < -0.39 is 0 Å². The van der Waals surface area contributed by atoms with Gasteiger partial charge in [-0.3, -0.25) is 9.69 Å². The molecule has 1 amide bonds. The second-order valence-electron chi connectivity index (χ2n) is 7.23. The van der Waals surface area contributed by atoms with Crippen LogP contribution < -0.4 is 5.32 Å². The molecule has 0 bridgehead atoms. The highest BCUT2D eigenvalue weighted by Crippen LogP contribution is 2.11. The molecule has 0 aromatic carbocycles. The van der Waals surface area contributed by atoms with Crippen molar-refractivity contribution in [3.8, 4) is 0 Å². The van der Waals surface area contributed by atoms with E-state index in [0.717, 1.165) is 57.9 Å². The maximum atomic E-state index is 12.2. The second kappa shape index (κ2) is 9.18. The lowest BCUT2D eigenvalue weighted by Crippen LogP contribution is -2.45. The standard InChI is InChI=1S/C18H32N4O2/c1-5-21-8-10-22(11-9-21)13-16-12-17(20-24-16)18(23)19-15(4)7-6-14(2)3/h12,14-15H,5-11,13H2,1-4H3,(H,19,23)/t15-/m1/s1. The van der Waals surface area contributed by atoms with Crippen LogP contribution in [0.5, 0.6) is 0 Å². The molecule has 1 atom stereocenters. The fraction of sp³-hybridized carbons (Fsp3) is 0.778. The van der Waals surface area contributed by atoms with Crippen LogP contribution in [0.4, 0.5) is 0 Å². The Morgan fingerprint density at radius 2 is 1.88 bits per heavy atom. The normalized spacial score (nSPS) is 18.0. The van der Waals surface area contributed by atoms with E-state index in [1.165, 1.54) is 0 Å². The van der Waals surface area contributed by atoms with Crippen LogP contribution in [-0.2, 0) is 6.54 Å². The molecule has 1 saturated heterocycles. The van der Waals surface area contributed by atoms with Gasteiger partial charge in [0.15, 0.2) is 11.5 Å². The number of carbonyl (C=O) groups is 1. The molecule has 2 rings (SSSR count). The van der Waals surface area contributed by atoms with Gasteiger partial charge in [0.05, 0.1) is 6.54 Å². The van der Waals surface area contributed by atoms with Gasteiger partial charge in [0.1, 0.15) is 0 Å². The molecule has 6 heteroatoms. The van der Waals surface area contributed by atoms with E-state index in [2.05, 4.69) is 41.0 Å². The van der Waals surface area contributed by atoms with E-state index in [1.54, 1.807) is 6.07 Å². The van der Waals surface area contributed by atoms with Gasteiger partial charge in [-0.15, -0.1) is 0 Å². The molecule has 0 spiro atoms. The summed E-state index contributed by atoms with van der Waals surface area (Å²) in [6, 6.07) is 1.93. The first kappa shape index (κ1) is 18.9. The number of nitrogens with one attached hydrogen (secondary N) is 1. The Balaban J connectivity index is 1.78. The average Bonchev–Trinajstić information content (AvgIpc) is 3.02. The van der Waals surface area contributed by atoms with Gasteiger partial charge in [0.25, 0.3) is 5.91 Å². The predicted molar refractivity (Wildman–Crippen MR) is 94.9 cm³/mol. The summed E-state index contributed by atoms with van der Waals surface area (Å²) < 4.78 is 5.36. The molecule has 1 aliphatic rings. The summed E-state index contributed by atoms with van der Waals surface area (Å²) in [6.45, 7) is 14.7. The smallest absolute Gasteiger partial charge is 0.273 e. The van der Waals surface area contributed by atoms with Gasteiger partial charge in [-0.2, -0.15) is 0 Å². The predicted octanol–water partition coefficient (Wildman–Crippen LogP) is 2.37. The van der Waals surface area contributed by atoms with Crippen LogP contribution in [0.25, 0.3) is 0 Å². The van der Waals surface area contributed by atoms with Crippen LogP contribution in [0.15, 0.2) is 10.6 Å². The summed E-state index contributed by atoms with van der Waals surface area (Å²) in [5.41, 5.74) is 0.383. The van der Waals surface area contributed by atoms with Gasteiger partial charge >= 0.3 is 0 Å². The Kier molecular flexibility index (Phi) is 7.24. The van der Waals surface area contributed by atoms with Crippen LogP contribution in [0.1, 0.15) is 56.8 Å². The maximum Gasteiger partial charge on any atom is 0.273 e. The molecule has 1 aliphatic heterocycles. The van der Waals surface area contributed by atoms with Gasteiger partial charge in [0, 0.05) is 38.3 Å². The highest BCUT2D eigenvalue weighted by Gasteiger charge is 2.19. The minimum absolute atomic E-state index is 0.142. The van der Waals surface area contributed by atoms with Gasteiger partial charge < -0.3 is 14.7 Å². The van der Waals surface area contributed by atoms with Crippen molar-refractivity contribution in [2.45, 2.75) is 53.1 Å². The summed E-state index contributed by atoms with van der Waals surface area (Å²) in [6.07, 6.45) is 2.09. The third-order valence-electron chi connectivity index (χ3n) is 4.64. The lowest BCUT2D eigenvalue weighted by molar-refractivity contribution is 0.0927. The van der Waals surface area contributed by atoms with Crippen LogP contribution in [-0.4, -0.2) is 59.6 Å². The van der Waals surface area contributed by atoms with Gasteiger partial charge in [0.2, 0.25) is 0 Å². The zero-order chi connectivity index (χ0) is 17.5. The van der Waals surface area contributed by atoms with Crippen molar-refractivity contribution in [2.24, 2.45) is 5.92 Å². The zero-order valence-electron chi connectivity index (χ0n) is 15.5. The monoisotopic (exact) mass is 336 g/mol. The van der Waals surface area contributed by atoms with E-state index >= 15 is 0 Å². The van der Waals surface area contributed by atoms with E-state index in [-0.39, 0.29) is 11.9 Å². The van der Waals surface area contributed by atoms with Crippen molar-refractivity contribution >= 4 is 5.91 Å². The number of hydrogen-bond acceptors (Lipinski definition) is 5. The number of likely N-dealkylation sites (N-methyl/N-ethyl adjacent to an activating group) is 1. The second-order valence-corrected chi connectivity index (χ2v) is 7.23. The highest BCUT2D eigenvalue weighted by molar-refractivity contribution is 5.92. The Morgan fingerprint density at radius 3 is 2.50 bits per heavy atom. The van der Waals surface area contributed by atoms with Crippen LogP contribution >= 0.6 is 0 Å². The molecule has 1 aromatic heterocycles. The number of amides is 1. The van der Waals surface area contributed by atoms with Crippen molar-refractivity contribution in [1.82, 2.24) is 20.3 Å². The summed E-state index contributed by atoms with van der Waals surface area (Å²) in [4.78, 5) is 17.0. The number of nitrogens with zero attached hydrogens (tertiary/aromatic N) is 3. The largest absolute Gasteiger partial charge is 0.359 e. The Hall–Kier alpha value is -1.40. The number of hydrogen-bond donors (Lipinski definition) is 1. The molecule has 0 saturated carbocycles. The third-order valence-corrected chi connectivity index (χ3v) is 4.64.